The maximum atomic E-state index is 11.6. The third-order valence-electron chi connectivity index (χ3n) is 6.03. The van der Waals surface area contributed by atoms with Crippen molar-refractivity contribution in [2.45, 2.75) is 38.1 Å². The fourth-order valence-corrected chi connectivity index (χ4v) is 5.34. The second-order valence-electron chi connectivity index (χ2n) is 7.83. The molecule has 146 valence electrons. The van der Waals surface area contributed by atoms with E-state index in [2.05, 4.69) is 25.0 Å². The number of pyridine rings is 1. The maximum absolute atomic E-state index is 11.6. The van der Waals surface area contributed by atoms with Crippen LogP contribution >= 0.6 is 11.3 Å². The Morgan fingerprint density at radius 2 is 1.75 bits per heavy atom. The average molecular weight is 396 g/mol. The summed E-state index contributed by atoms with van der Waals surface area (Å²) in [5.74, 6) is 0. The van der Waals surface area contributed by atoms with Crippen LogP contribution in [0.15, 0.2) is 35.1 Å². The summed E-state index contributed by atoms with van der Waals surface area (Å²) in [4.78, 5) is 19.6. The van der Waals surface area contributed by atoms with Gasteiger partial charge >= 0.3 is 0 Å². The minimum Gasteiger partial charge on any atom is -0.347 e. The van der Waals surface area contributed by atoms with Crippen LogP contribution in [0.4, 0.5) is 5.13 Å². The van der Waals surface area contributed by atoms with Crippen LogP contribution in [0.1, 0.15) is 32.1 Å². The quantitative estimate of drug-likeness (QED) is 0.735. The van der Waals surface area contributed by atoms with Crippen molar-refractivity contribution >= 4 is 27.4 Å². The van der Waals surface area contributed by atoms with E-state index in [9.17, 15) is 4.79 Å². The summed E-state index contributed by atoms with van der Waals surface area (Å²) in [6.07, 6.45) is 6.54. The predicted octanol–water partition coefficient (Wildman–Crippen LogP) is 3.50. The number of hydrogen-bond acceptors (Lipinski definition) is 6. The van der Waals surface area contributed by atoms with Gasteiger partial charge in [0.1, 0.15) is 5.01 Å². The molecule has 5 rings (SSSR count). The molecule has 7 heteroatoms. The number of H-pyrrole nitrogens is 1. The first-order valence-corrected chi connectivity index (χ1v) is 11.0. The van der Waals surface area contributed by atoms with Crippen molar-refractivity contribution in [2.24, 2.45) is 0 Å². The average Bonchev–Trinajstić information content (AvgIpc) is 3.24. The van der Waals surface area contributed by atoms with Crippen molar-refractivity contribution in [3.63, 3.8) is 0 Å². The van der Waals surface area contributed by atoms with Gasteiger partial charge in [-0.2, -0.15) is 0 Å². The smallest absolute Gasteiger partial charge is 0.248 e. The van der Waals surface area contributed by atoms with Crippen LogP contribution in [0.5, 0.6) is 0 Å². The number of hydrogen-bond donors (Lipinski definition) is 1. The van der Waals surface area contributed by atoms with E-state index in [1.807, 2.05) is 24.3 Å². The summed E-state index contributed by atoms with van der Waals surface area (Å²) in [5.41, 5.74) is 1.75. The standard InChI is InChI=1S/C21H25N5OS/c27-19-7-6-15-4-5-16(14-18(15)22-19)20-23-24-21(28-20)26-12-8-17(9-13-26)25-10-2-1-3-11-25/h4-7,14,17H,1-3,8-13H2,(H,22,27). The molecule has 4 heterocycles. The number of likely N-dealkylation sites (tertiary alicyclic amines) is 1. The largest absolute Gasteiger partial charge is 0.347 e. The lowest BCUT2D eigenvalue weighted by molar-refractivity contribution is 0.141. The molecule has 0 atom stereocenters. The number of rotatable bonds is 3. The zero-order chi connectivity index (χ0) is 18.9. The van der Waals surface area contributed by atoms with Gasteiger partial charge in [-0.25, -0.2) is 0 Å². The third kappa shape index (κ3) is 3.56. The van der Waals surface area contributed by atoms with Gasteiger partial charge in [-0.1, -0.05) is 29.9 Å². The molecule has 0 amide bonds. The van der Waals surface area contributed by atoms with Gasteiger partial charge in [0, 0.05) is 36.3 Å². The molecular formula is C21H25N5OS. The van der Waals surface area contributed by atoms with Gasteiger partial charge in [0.15, 0.2) is 0 Å². The zero-order valence-corrected chi connectivity index (χ0v) is 16.7. The molecule has 1 N–H and O–H groups in total. The fourth-order valence-electron chi connectivity index (χ4n) is 4.45. The van der Waals surface area contributed by atoms with Gasteiger partial charge in [-0.15, -0.1) is 10.2 Å². The van der Waals surface area contributed by atoms with E-state index < -0.39 is 0 Å². The van der Waals surface area contributed by atoms with Crippen LogP contribution in [-0.4, -0.2) is 52.3 Å². The lowest BCUT2D eigenvalue weighted by Crippen LogP contribution is -2.46. The lowest BCUT2D eigenvalue weighted by Gasteiger charge is -2.40. The molecule has 2 aliphatic rings. The molecule has 0 aliphatic carbocycles. The molecule has 2 saturated heterocycles. The van der Waals surface area contributed by atoms with E-state index in [-0.39, 0.29) is 5.56 Å². The van der Waals surface area contributed by atoms with Gasteiger partial charge < -0.3 is 14.8 Å². The first-order valence-electron chi connectivity index (χ1n) is 10.2. The molecular weight excluding hydrogens is 370 g/mol. The first kappa shape index (κ1) is 17.8. The Labute approximate surface area is 168 Å². The highest BCUT2D eigenvalue weighted by Crippen LogP contribution is 2.32. The maximum Gasteiger partial charge on any atom is 0.248 e. The Bertz CT molecular complexity index is 1010. The summed E-state index contributed by atoms with van der Waals surface area (Å²) < 4.78 is 0. The monoisotopic (exact) mass is 395 g/mol. The molecule has 28 heavy (non-hydrogen) atoms. The summed E-state index contributed by atoms with van der Waals surface area (Å²) in [5, 5.41) is 11.8. The van der Waals surface area contributed by atoms with E-state index in [0.717, 1.165) is 45.7 Å². The van der Waals surface area contributed by atoms with E-state index >= 15 is 0 Å². The molecule has 1 aromatic carbocycles. The van der Waals surface area contributed by atoms with Gasteiger partial charge in [-0.05, 0) is 56.3 Å². The van der Waals surface area contributed by atoms with Crippen molar-refractivity contribution in [3.8, 4) is 10.6 Å². The zero-order valence-electron chi connectivity index (χ0n) is 15.9. The molecule has 0 spiro atoms. The normalized spacial score (nSPS) is 19.4. The van der Waals surface area contributed by atoms with Crippen molar-refractivity contribution in [1.82, 2.24) is 20.1 Å². The van der Waals surface area contributed by atoms with Gasteiger partial charge in [0.05, 0.1) is 0 Å². The number of anilines is 1. The number of piperidine rings is 2. The Morgan fingerprint density at radius 1 is 0.964 bits per heavy atom. The van der Waals surface area contributed by atoms with E-state index in [1.54, 1.807) is 17.4 Å². The van der Waals surface area contributed by atoms with Crippen molar-refractivity contribution in [2.75, 3.05) is 31.1 Å². The van der Waals surface area contributed by atoms with Crippen LogP contribution in [0.2, 0.25) is 0 Å². The summed E-state index contributed by atoms with van der Waals surface area (Å²) in [7, 11) is 0. The lowest BCUT2D eigenvalue weighted by atomic mass is 10.0. The fraction of sp³-hybridized carbons (Fsp3) is 0.476. The highest BCUT2D eigenvalue weighted by molar-refractivity contribution is 7.18. The highest BCUT2D eigenvalue weighted by atomic mass is 32.1. The minimum absolute atomic E-state index is 0.0841. The molecule has 6 nitrogen and oxygen atoms in total. The van der Waals surface area contributed by atoms with Gasteiger partial charge in [-0.3, -0.25) is 4.79 Å². The minimum atomic E-state index is -0.0841. The second kappa shape index (κ2) is 7.64. The Morgan fingerprint density at radius 3 is 2.57 bits per heavy atom. The van der Waals surface area contributed by atoms with Crippen LogP contribution in [0.25, 0.3) is 21.5 Å². The SMILES string of the molecule is O=c1ccc2ccc(-c3nnc(N4CCC(N5CCCCC5)CC4)s3)cc2[nH]1. The highest BCUT2D eigenvalue weighted by Gasteiger charge is 2.27. The Kier molecular flexibility index (Phi) is 4.86. The van der Waals surface area contributed by atoms with Crippen LogP contribution < -0.4 is 10.5 Å². The van der Waals surface area contributed by atoms with Gasteiger partial charge in [0.25, 0.3) is 0 Å². The van der Waals surface area contributed by atoms with Crippen molar-refractivity contribution in [1.29, 1.82) is 0 Å². The third-order valence-corrected chi connectivity index (χ3v) is 7.06. The van der Waals surface area contributed by atoms with E-state index in [4.69, 9.17) is 0 Å². The molecule has 0 saturated carbocycles. The Hall–Kier alpha value is -2.25. The van der Waals surface area contributed by atoms with Crippen LogP contribution in [0.3, 0.4) is 0 Å². The molecule has 0 bridgehead atoms. The first-order chi connectivity index (χ1) is 13.8. The van der Waals surface area contributed by atoms with Crippen molar-refractivity contribution in [3.05, 3.63) is 40.7 Å². The van der Waals surface area contributed by atoms with E-state index in [0.29, 0.717) is 0 Å². The predicted molar refractivity (Wildman–Crippen MR) is 114 cm³/mol. The summed E-state index contributed by atoms with van der Waals surface area (Å²) in [6.45, 7) is 4.66. The molecule has 2 aliphatic heterocycles. The van der Waals surface area contributed by atoms with Crippen LogP contribution in [0, 0.1) is 0 Å². The van der Waals surface area contributed by atoms with Crippen molar-refractivity contribution < 1.29 is 0 Å². The summed E-state index contributed by atoms with van der Waals surface area (Å²) in [6, 6.07) is 10.2. The summed E-state index contributed by atoms with van der Waals surface area (Å²) >= 11 is 1.64. The number of aromatic nitrogens is 3. The number of fused-ring (bicyclic) bond motifs is 1. The van der Waals surface area contributed by atoms with Crippen LogP contribution in [-0.2, 0) is 0 Å². The topological polar surface area (TPSA) is 65.1 Å². The molecule has 0 radical (unpaired) electrons. The molecule has 2 fully saturated rings. The number of nitrogens with zero attached hydrogens (tertiary/aromatic N) is 4. The Balaban J connectivity index is 1.29. The number of nitrogens with one attached hydrogen (secondary N) is 1. The molecule has 0 unspecified atom stereocenters. The van der Waals surface area contributed by atoms with E-state index in [1.165, 1.54) is 45.2 Å². The molecule has 2 aromatic heterocycles. The van der Waals surface area contributed by atoms with Gasteiger partial charge in [0.2, 0.25) is 10.7 Å². The number of aromatic amines is 1. The molecule has 3 aromatic rings. The number of benzene rings is 1. The second-order valence-corrected chi connectivity index (χ2v) is 8.79.